The number of rotatable bonds is 3. The summed E-state index contributed by atoms with van der Waals surface area (Å²) >= 11 is 0. The van der Waals surface area contributed by atoms with Crippen LogP contribution in [0, 0.1) is 11.5 Å². The summed E-state index contributed by atoms with van der Waals surface area (Å²) < 4.78 is 0. The minimum Gasteiger partial charge on any atom is -0.298 e. The number of nitrogens with zero attached hydrogens (tertiary/aromatic N) is 3. The fourth-order valence-electron chi connectivity index (χ4n) is 2.10. The maximum atomic E-state index is 11.8. The highest BCUT2D eigenvalue weighted by Gasteiger charge is 2.20. The average Bonchev–Trinajstić information content (AvgIpc) is 2.31. The molecule has 0 bridgehead atoms. The Kier molecular flexibility index (Phi) is 3.40. The molecule has 6 nitrogen and oxygen atoms in total. The molecule has 0 saturated heterocycles. The molecule has 0 atom stereocenters. The highest BCUT2D eigenvalue weighted by molar-refractivity contribution is 5.34. The minimum absolute atomic E-state index is 0.145. The molecule has 0 spiro atoms. The third-order valence-electron chi connectivity index (χ3n) is 2.86. The number of fused-ring (bicyclic) bond motifs is 1. The molecule has 2 N–H and O–H groups in total. The minimum atomic E-state index is -0.145. The molecule has 17 heavy (non-hydrogen) atoms. The van der Waals surface area contributed by atoms with E-state index in [9.17, 15) is 4.79 Å². The van der Waals surface area contributed by atoms with E-state index in [-0.39, 0.29) is 11.5 Å². The van der Waals surface area contributed by atoms with Crippen molar-refractivity contribution >= 4 is 5.95 Å². The Bertz CT molecular complexity index is 502. The summed E-state index contributed by atoms with van der Waals surface area (Å²) in [6.45, 7) is 4.69. The molecule has 2 rings (SSSR count). The molecule has 2 heterocycles. The zero-order valence-electron chi connectivity index (χ0n) is 9.79. The van der Waals surface area contributed by atoms with Crippen molar-refractivity contribution in [3.8, 4) is 6.19 Å². The van der Waals surface area contributed by atoms with Crippen LogP contribution in [0.15, 0.2) is 4.79 Å². The predicted molar refractivity (Wildman–Crippen MR) is 63.4 cm³/mol. The van der Waals surface area contributed by atoms with E-state index in [2.05, 4.69) is 27.1 Å². The first kappa shape index (κ1) is 11.6. The summed E-state index contributed by atoms with van der Waals surface area (Å²) in [5.74, 6) is 0.236. The lowest BCUT2D eigenvalue weighted by molar-refractivity contribution is 0.251. The SMILES string of the molecule is CCCN1CCc2nc(NC#N)[nH]c(=O)c2C1. The molecule has 0 saturated carbocycles. The van der Waals surface area contributed by atoms with Crippen LogP contribution in [-0.2, 0) is 13.0 Å². The quantitative estimate of drug-likeness (QED) is 0.584. The third kappa shape index (κ3) is 2.45. The normalized spacial score (nSPS) is 15.1. The Morgan fingerprint density at radius 1 is 1.65 bits per heavy atom. The summed E-state index contributed by atoms with van der Waals surface area (Å²) in [4.78, 5) is 20.9. The summed E-state index contributed by atoms with van der Waals surface area (Å²) in [5, 5.41) is 10.9. The predicted octanol–water partition coefficient (Wildman–Crippen LogP) is 0.431. The van der Waals surface area contributed by atoms with E-state index in [1.807, 2.05) is 0 Å². The Balaban J connectivity index is 2.28. The highest BCUT2D eigenvalue weighted by atomic mass is 16.1. The van der Waals surface area contributed by atoms with Crippen molar-refractivity contribution in [1.82, 2.24) is 14.9 Å². The third-order valence-corrected chi connectivity index (χ3v) is 2.86. The Hall–Kier alpha value is -1.87. The molecule has 0 unspecified atom stereocenters. The molecule has 1 aliphatic heterocycles. The first-order valence-electron chi connectivity index (χ1n) is 5.74. The zero-order chi connectivity index (χ0) is 12.3. The molecule has 1 aromatic rings. The zero-order valence-corrected chi connectivity index (χ0v) is 9.79. The van der Waals surface area contributed by atoms with Gasteiger partial charge < -0.3 is 0 Å². The number of nitrogens with one attached hydrogen (secondary N) is 2. The summed E-state index contributed by atoms with van der Waals surface area (Å²) in [6, 6.07) is 0. The van der Waals surface area contributed by atoms with Crippen molar-refractivity contribution < 1.29 is 0 Å². The fourth-order valence-corrected chi connectivity index (χ4v) is 2.10. The van der Waals surface area contributed by atoms with E-state index < -0.39 is 0 Å². The lowest BCUT2D eigenvalue weighted by Gasteiger charge is -2.26. The van der Waals surface area contributed by atoms with Gasteiger partial charge in [0.25, 0.3) is 5.56 Å². The number of hydrogen-bond acceptors (Lipinski definition) is 5. The molecule has 0 amide bonds. The van der Waals surface area contributed by atoms with Gasteiger partial charge in [0.15, 0.2) is 6.19 Å². The number of anilines is 1. The molecular formula is C11H15N5O. The number of H-pyrrole nitrogens is 1. The fraction of sp³-hybridized carbons (Fsp3) is 0.545. The first-order chi connectivity index (χ1) is 8.24. The van der Waals surface area contributed by atoms with Crippen LogP contribution in [0.5, 0.6) is 0 Å². The van der Waals surface area contributed by atoms with E-state index in [1.54, 1.807) is 6.19 Å². The Morgan fingerprint density at radius 2 is 2.47 bits per heavy atom. The Labute approximate surface area is 99.3 Å². The number of aromatic nitrogens is 2. The van der Waals surface area contributed by atoms with Crippen LogP contribution in [0.25, 0.3) is 0 Å². The van der Waals surface area contributed by atoms with Crippen LogP contribution >= 0.6 is 0 Å². The first-order valence-corrected chi connectivity index (χ1v) is 5.74. The second kappa shape index (κ2) is 4.97. The molecule has 6 heteroatoms. The van der Waals surface area contributed by atoms with Crippen LogP contribution in [0.2, 0.25) is 0 Å². The van der Waals surface area contributed by atoms with Crippen LogP contribution in [0.4, 0.5) is 5.95 Å². The molecule has 90 valence electrons. The molecular weight excluding hydrogens is 218 g/mol. The molecule has 1 aromatic heterocycles. The van der Waals surface area contributed by atoms with Crippen molar-refractivity contribution in [2.24, 2.45) is 0 Å². The van der Waals surface area contributed by atoms with Gasteiger partial charge in [0.05, 0.1) is 11.3 Å². The van der Waals surface area contributed by atoms with Gasteiger partial charge in [-0.05, 0) is 13.0 Å². The van der Waals surface area contributed by atoms with Gasteiger partial charge in [-0.15, -0.1) is 0 Å². The summed E-state index contributed by atoms with van der Waals surface area (Å²) in [7, 11) is 0. The van der Waals surface area contributed by atoms with Crippen LogP contribution < -0.4 is 10.9 Å². The van der Waals surface area contributed by atoms with Gasteiger partial charge in [-0.1, -0.05) is 6.92 Å². The molecule has 0 radical (unpaired) electrons. The second-order valence-electron chi connectivity index (χ2n) is 4.10. The topological polar surface area (TPSA) is 84.8 Å². The van der Waals surface area contributed by atoms with Crippen LogP contribution in [0.1, 0.15) is 24.6 Å². The molecule has 0 fully saturated rings. The van der Waals surface area contributed by atoms with Gasteiger partial charge in [0.1, 0.15) is 0 Å². The summed E-state index contributed by atoms with van der Waals surface area (Å²) in [6.07, 6.45) is 3.60. The van der Waals surface area contributed by atoms with E-state index in [0.29, 0.717) is 6.54 Å². The largest absolute Gasteiger partial charge is 0.298 e. The molecule has 1 aliphatic rings. The van der Waals surface area contributed by atoms with Gasteiger partial charge in [-0.3, -0.25) is 20.0 Å². The lowest BCUT2D eigenvalue weighted by atomic mass is 10.1. The van der Waals surface area contributed by atoms with Crippen molar-refractivity contribution in [2.45, 2.75) is 26.3 Å². The highest BCUT2D eigenvalue weighted by Crippen LogP contribution is 2.14. The van der Waals surface area contributed by atoms with Gasteiger partial charge >= 0.3 is 0 Å². The summed E-state index contributed by atoms with van der Waals surface area (Å²) in [5.41, 5.74) is 1.39. The van der Waals surface area contributed by atoms with E-state index >= 15 is 0 Å². The van der Waals surface area contributed by atoms with Crippen molar-refractivity contribution in [3.05, 3.63) is 21.6 Å². The van der Waals surface area contributed by atoms with Gasteiger partial charge in [0.2, 0.25) is 5.95 Å². The van der Waals surface area contributed by atoms with Gasteiger partial charge in [0, 0.05) is 19.5 Å². The molecule has 0 aliphatic carbocycles. The maximum absolute atomic E-state index is 11.8. The maximum Gasteiger partial charge on any atom is 0.257 e. The lowest BCUT2D eigenvalue weighted by Crippen LogP contribution is -2.36. The van der Waals surface area contributed by atoms with Crippen LogP contribution in [0.3, 0.4) is 0 Å². The average molecular weight is 233 g/mol. The van der Waals surface area contributed by atoms with E-state index in [0.717, 1.165) is 37.2 Å². The van der Waals surface area contributed by atoms with Gasteiger partial charge in [-0.25, -0.2) is 4.98 Å². The van der Waals surface area contributed by atoms with E-state index in [1.165, 1.54) is 0 Å². The van der Waals surface area contributed by atoms with Gasteiger partial charge in [-0.2, -0.15) is 5.26 Å². The second-order valence-corrected chi connectivity index (χ2v) is 4.10. The monoisotopic (exact) mass is 233 g/mol. The van der Waals surface area contributed by atoms with Crippen LogP contribution in [-0.4, -0.2) is 28.0 Å². The van der Waals surface area contributed by atoms with Crippen molar-refractivity contribution in [2.75, 3.05) is 18.4 Å². The Morgan fingerprint density at radius 3 is 3.18 bits per heavy atom. The standard InChI is InChI=1S/C11H15N5O/c1-2-4-16-5-3-9-8(6-16)10(17)15-11(14-9)13-7-12/h2-6H2,1H3,(H2,13,14,15,17). The van der Waals surface area contributed by atoms with E-state index in [4.69, 9.17) is 5.26 Å². The van der Waals surface area contributed by atoms with Crippen molar-refractivity contribution in [3.63, 3.8) is 0 Å². The molecule has 0 aromatic carbocycles. The smallest absolute Gasteiger partial charge is 0.257 e. The number of aromatic amines is 1. The number of nitriles is 1. The van der Waals surface area contributed by atoms with Crippen molar-refractivity contribution in [1.29, 1.82) is 5.26 Å². The number of hydrogen-bond donors (Lipinski definition) is 2.